The van der Waals surface area contributed by atoms with Gasteiger partial charge in [-0.15, -0.1) is 12.4 Å². The topological polar surface area (TPSA) is 75.2 Å². The molecule has 118 valence electrons. The van der Waals surface area contributed by atoms with Crippen molar-refractivity contribution in [1.29, 1.82) is 0 Å². The van der Waals surface area contributed by atoms with Crippen LogP contribution in [-0.4, -0.2) is 42.3 Å². The maximum absolute atomic E-state index is 12.8. The third kappa shape index (κ3) is 3.27. The van der Waals surface area contributed by atoms with E-state index in [1.165, 1.54) is 10.5 Å². The third-order valence-corrected chi connectivity index (χ3v) is 5.40. The van der Waals surface area contributed by atoms with Gasteiger partial charge in [0.1, 0.15) is 4.90 Å². The lowest BCUT2D eigenvalue weighted by atomic mass is 10.1. The van der Waals surface area contributed by atoms with E-state index in [-0.39, 0.29) is 23.3 Å². The predicted molar refractivity (Wildman–Crippen MR) is 85.2 cm³/mol. The van der Waals surface area contributed by atoms with Crippen molar-refractivity contribution < 1.29 is 8.42 Å². The molecule has 0 aromatic carbocycles. The fourth-order valence-electron chi connectivity index (χ4n) is 2.47. The van der Waals surface area contributed by atoms with Gasteiger partial charge in [-0.25, -0.2) is 8.42 Å². The maximum Gasteiger partial charge on any atom is 0.245 e. The van der Waals surface area contributed by atoms with E-state index in [1.54, 1.807) is 30.7 Å². The Bertz CT molecular complexity index is 697. The second-order valence-corrected chi connectivity index (χ2v) is 6.70. The number of sulfonamides is 1. The summed E-state index contributed by atoms with van der Waals surface area (Å²) >= 11 is 0. The molecule has 0 spiro atoms. The lowest BCUT2D eigenvalue weighted by molar-refractivity contribution is 0.271. The van der Waals surface area contributed by atoms with Crippen molar-refractivity contribution in [2.45, 2.75) is 10.9 Å². The van der Waals surface area contributed by atoms with Crippen molar-refractivity contribution in [3.63, 3.8) is 0 Å². The molecule has 1 N–H and O–H groups in total. The zero-order valence-corrected chi connectivity index (χ0v) is 13.4. The molecule has 3 heterocycles. The first-order valence-corrected chi connectivity index (χ1v) is 8.16. The van der Waals surface area contributed by atoms with Crippen LogP contribution in [0, 0.1) is 0 Å². The fraction of sp³-hybridized carbons (Fsp3) is 0.286. The SMILES string of the molecule is Cl.O=S(=O)(c1cccnc1)N1CCNCC1c1cccnc1. The Hall–Kier alpha value is -1.54. The van der Waals surface area contributed by atoms with Crippen LogP contribution in [0.3, 0.4) is 0 Å². The van der Waals surface area contributed by atoms with Crippen LogP contribution in [0.4, 0.5) is 0 Å². The van der Waals surface area contributed by atoms with E-state index < -0.39 is 10.0 Å². The first-order valence-electron chi connectivity index (χ1n) is 6.72. The Labute approximate surface area is 136 Å². The average Bonchev–Trinajstić information content (AvgIpc) is 2.56. The standard InChI is InChI=1S/C14H16N4O2S.ClH/c19-21(20,13-4-2-6-16-10-13)18-8-7-17-11-14(18)12-3-1-5-15-9-12;/h1-6,9-10,14,17H,7-8,11H2;1H. The van der Waals surface area contributed by atoms with Crippen molar-refractivity contribution in [2.24, 2.45) is 0 Å². The van der Waals surface area contributed by atoms with Crippen molar-refractivity contribution in [1.82, 2.24) is 19.6 Å². The minimum Gasteiger partial charge on any atom is -0.313 e. The summed E-state index contributed by atoms with van der Waals surface area (Å²) in [6.07, 6.45) is 6.34. The van der Waals surface area contributed by atoms with Crippen LogP contribution in [0.15, 0.2) is 53.9 Å². The Morgan fingerprint density at radius 1 is 1.14 bits per heavy atom. The number of halogens is 1. The van der Waals surface area contributed by atoms with Gasteiger partial charge in [-0.2, -0.15) is 4.31 Å². The summed E-state index contributed by atoms with van der Waals surface area (Å²) < 4.78 is 27.1. The molecule has 0 radical (unpaired) electrons. The second-order valence-electron chi connectivity index (χ2n) is 4.81. The van der Waals surface area contributed by atoms with Gasteiger partial charge in [-0.05, 0) is 23.8 Å². The molecule has 0 amide bonds. The van der Waals surface area contributed by atoms with Crippen molar-refractivity contribution >= 4 is 22.4 Å². The van der Waals surface area contributed by atoms with Crippen LogP contribution in [0.1, 0.15) is 11.6 Å². The van der Waals surface area contributed by atoms with Gasteiger partial charge < -0.3 is 5.32 Å². The van der Waals surface area contributed by atoms with E-state index in [0.29, 0.717) is 19.6 Å². The highest BCUT2D eigenvalue weighted by atomic mass is 35.5. The van der Waals surface area contributed by atoms with Crippen LogP contribution >= 0.6 is 12.4 Å². The molecular formula is C14H17ClN4O2S. The highest BCUT2D eigenvalue weighted by Crippen LogP contribution is 2.27. The highest BCUT2D eigenvalue weighted by Gasteiger charge is 2.34. The summed E-state index contributed by atoms with van der Waals surface area (Å²) in [7, 11) is -3.56. The molecule has 1 fully saturated rings. The monoisotopic (exact) mass is 340 g/mol. The summed E-state index contributed by atoms with van der Waals surface area (Å²) in [5, 5.41) is 3.24. The molecule has 0 saturated carbocycles. The number of nitrogens with zero attached hydrogens (tertiary/aromatic N) is 3. The molecule has 3 rings (SSSR count). The molecule has 8 heteroatoms. The maximum atomic E-state index is 12.8. The molecule has 0 bridgehead atoms. The normalized spacial score (nSPS) is 19.4. The van der Waals surface area contributed by atoms with Crippen LogP contribution in [0.25, 0.3) is 0 Å². The molecule has 1 saturated heterocycles. The minimum atomic E-state index is -3.56. The molecule has 2 aromatic heterocycles. The van der Waals surface area contributed by atoms with E-state index in [1.807, 2.05) is 12.1 Å². The van der Waals surface area contributed by atoms with E-state index in [9.17, 15) is 8.42 Å². The van der Waals surface area contributed by atoms with Crippen molar-refractivity contribution in [3.8, 4) is 0 Å². The van der Waals surface area contributed by atoms with Crippen LogP contribution in [0.2, 0.25) is 0 Å². The second kappa shape index (κ2) is 7.15. The average molecular weight is 341 g/mol. The Morgan fingerprint density at radius 3 is 2.50 bits per heavy atom. The van der Waals surface area contributed by atoms with Gasteiger partial charge in [0.15, 0.2) is 0 Å². The van der Waals surface area contributed by atoms with Gasteiger partial charge in [0.2, 0.25) is 10.0 Å². The highest BCUT2D eigenvalue weighted by molar-refractivity contribution is 7.89. The summed E-state index contributed by atoms with van der Waals surface area (Å²) in [5.41, 5.74) is 0.886. The largest absolute Gasteiger partial charge is 0.313 e. The first-order chi connectivity index (χ1) is 10.2. The zero-order chi connectivity index (χ0) is 14.7. The van der Waals surface area contributed by atoms with E-state index in [4.69, 9.17) is 0 Å². The van der Waals surface area contributed by atoms with E-state index in [0.717, 1.165) is 5.56 Å². The van der Waals surface area contributed by atoms with Gasteiger partial charge in [-0.1, -0.05) is 6.07 Å². The van der Waals surface area contributed by atoms with Gasteiger partial charge >= 0.3 is 0 Å². The van der Waals surface area contributed by atoms with Crippen LogP contribution in [0.5, 0.6) is 0 Å². The molecule has 1 aliphatic rings. The Balaban J connectivity index is 0.00000176. The first kappa shape index (κ1) is 16.8. The summed E-state index contributed by atoms with van der Waals surface area (Å²) in [6, 6.07) is 6.67. The molecule has 22 heavy (non-hydrogen) atoms. The summed E-state index contributed by atoms with van der Waals surface area (Å²) in [4.78, 5) is 8.22. The van der Waals surface area contributed by atoms with E-state index >= 15 is 0 Å². The number of nitrogens with one attached hydrogen (secondary N) is 1. The number of aromatic nitrogens is 2. The number of pyridine rings is 2. The Morgan fingerprint density at radius 2 is 1.86 bits per heavy atom. The minimum absolute atomic E-state index is 0. The molecule has 6 nitrogen and oxygen atoms in total. The number of rotatable bonds is 3. The summed E-state index contributed by atoms with van der Waals surface area (Å²) in [6.45, 7) is 1.64. The van der Waals surface area contributed by atoms with Gasteiger partial charge in [0.05, 0.1) is 6.04 Å². The van der Waals surface area contributed by atoms with Crippen LogP contribution in [-0.2, 0) is 10.0 Å². The molecule has 1 atom stereocenters. The number of piperazine rings is 1. The molecule has 2 aromatic rings. The predicted octanol–water partition coefficient (Wildman–Crippen LogP) is 1.23. The van der Waals surface area contributed by atoms with Gasteiger partial charge in [-0.3, -0.25) is 9.97 Å². The van der Waals surface area contributed by atoms with Crippen molar-refractivity contribution in [3.05, 3.63) is 54.6 Å². The van der Waals surface area contributed by atoms with Crippen LogP contribution < -0.4 is 5.32 Å². The lowest BCUT2D eigenvalue weighted by Gasteiger charge is -2.35. The number of hydrogen-bond donors (Lipinski definition) is 1. The van der Waals surface area contributed by atoms with Gasteiger partial charge in [0, 0.05) is 44.4 Å². The third-order valence-electron chi connectivity index (χ3n) is 3.50. The number of hydrogen-bond acceptors (Lipinski definition) is 5. The van der Waals surface area contributed by atoms with Crippen molar-refractivity contribution in [2.75, 3.05) is 19.6 Å². The smallest absolute Gasteiger partial charge is 0.245 e. The molecule has 1 unspecified atom stereocenters. The van der Waals surface area contributed by atoms with E-state index in [2.05, 4.69) is 15.3 Å². The Kier molecular flexibility index (Phi) is 5.47. The summed E-state index contributed by atoms with van der Waals surface area (Å²) in [5.74, 6) is 0. The fourth-order valence-corrected chi connectivity index (χ4v) is 4.04. The molecule has 1 aliphatic heterocycles. The zero-order valence-electron chi connectivity index (χ0n) is 11.8. The molecular weight excluding hydrogens is 324 g/mol. The lowest BCUT2D eigenvalue weighted by Crippen LogP contribution is -2.48. The van der Waals surface area contributed by atoms with Gasteiger partial charge in [0.25, 0.3) is 0 Å². The molecule has 0 aliphatic carbocycles. The quantitative estimate of drug-likeness (QED) is 0.909.